The molecule has 3 nitrogen and oxygen atoms in total. The van der Waals surface area contributed by atoms with Gasteiger partial charge < -0.3 is 10.1 Å². The number of nitrogens with one attached hydrogen (secondary N) is 1. The molecule has 0 atom stereocenters. The van der Waals surface area contributed by atoms with Gasteiger partial charge in [0.05, 0.1) is 17.9 Å². The van der Waals surface area contributed by atoms with Gasteiger partial charge in [0, 0.05) is 12.0 Å². The average molecular weight is 456 g/mol. The van der Waals surface area contributed by atoms with Crippen LogP contribution in [0, 0.1) is 13.8 Å². The van der Waals surface area contributed by atoms with Crippen molar-refractivity contribution in [2.45, 2.75) is 46.2 Å². The van der Waals surface area contributed by atoms with Crippen molar-refractivity contribution >= 4 is 11.6 Å². The molecule has 3 aromatic carbocycles. The SMILES string of the molecule is CCCc1ccc(C(F)(F)F)c(NC(=O)c2c(C)cc(OCCc3ccccc3)cc2C)c1. The highest BCUT2D eigenvalue weighted by atomic mass is 19.4. The van der Waals surface area contributed by atoms with Crippen LogP contribution in [0.15, 0.2) is 60.7 Å². The molecule has 0 spiro atoms. The first-order valence-electron chi connectivity index (χ1n) is 11.0. The summed E-state index contributed by atoms with van der Waals surface area (Å²) < 4.78 is 46.4. The molecule has 0 fully saturated rings. The van der Waals surface area contributed by atoms with Crippen LogP contribution >= 0.6 is 0 Å². The van der Waals surface area contributed by atoms with Crippen LogP contribution in [0.4, 0.5) is 18.9 Å². The summed E-state index contributed by atoms with van der Waals surface area (Å²) in [4.78, 5) is 13.0. The fourth-order valence-corrected chi connectivity index (χ4v) is 3.87. The number of halogens is 3. The summed E-state index contributed by atoms with van der Waals surface area (Å²) in [5, 5.41) is 2.50. The minimum Gasteiger partial charge on any atom is -0.493 e. The van der Waals surface area contributed by atoms with Crippen LogP contribution in [0.2, 0.25) is 0 Å². The Kier molecular flexibility index (Phi) is 7.79. The monoisotopic (exact) mass is 455 g/mol. The Morgan fingerprint density at radius 3 is 2.18 bits per heavy atom. The third-order valence-corrected chi connectivity index (χ3v) is 5.41. The van der Waals surface area contributed by atoms with Gasteiger partial charge in [-0.15, -0.1) is 0 Å². The second kappa shape index (κ2) is 10.6. The van der Waals surface area contributed by atoms with E-state index < -0.39 is 17.6 Å². The summed E-state index contributed by atoms with van der Waals surface area (Å²) in [6.07, 6.45) is -2.39. The maximum Gasteiger partial charge on any atom is 0.418 e. The number of hydrogen-bond donors (Lipinski definition) is 1. The van der Waals surface area contributed by atoms with Crippen molar-refractivity contribution in [1.29, 1.82) is 0 Å². The Morgan fingerprint density at radius 1 is 0.909 bits per heavy atom. The predicted molar refractivity (Wildman–Crippen MR) is 125 cm³/mol. The van der Waals surface area contributed by atoms with Crippen molar-refractivity contribution in [3.05, 3.63) is 94.0 Å². The number of hydrogen-bond acceptors (Lipinski definition) is 2. The van der Waals surface area contributed by atoms with E-state index in [1.165, 1.54) is 12.1 Å². The molecule has 0 bridgehead atoms. The van der Waals surface area contributed by atoms with E-state index in [0.29, 0.717) is 35.5 Å². The second-order valence-corrected chi connectivity index (χ2v) is 8.10. The number of ether oxygens (including phenoxy) is 1. The molecule has 174 valence electrons. The van der Waals surface area contributed by atoms with Gasteiger partial charge in [0.1, 0.15) is 5.75 Å². The van der Waals surface area contributed by atoms with Crippen molar-refractivity contribution < 1.29 is 22.7 Å². The predicted octanol–water partition coefficient (Wildman–Crippen LogP) is 7.15. The van der Waals surface area contributed by atoms with E-state index in [9.17, 15) is 18.0 Å². The molecule has 0 radical (unpaired) electrons. The van der Waals surface area contributed by atoms with Crippen molar-refractivity contribution in [2.75, 3.05) is 11.9 Å². The Labute approximate surface area is 192 Å². The molecule has 3 rings (SSSR count). The van der Waals surface area contributed by atoms with Gasteiger partial charge in [-0.2, -0.15) is 13.2 Å². The number of aryl methyl sites for hydroxylation is 3. The first kappa shape index (κ1) is 24.4. The van der Waals surface area contributed by atoms with Gasteiger partial charge in [-0.3, -0.25) is 4.79 Å². The van der Waals surface area contributed by atoms with Gasteiger partial charge >= 0.3 is 6.18 Å². The quantitative estimate of drug-likeness (QED) is 0.392. The van der Waals surface area contributed by atoms with E-state index in [0.717, 1.165) is 30.0 Å². The standard InChI is InChI=1S/C27H28F3NO2/c1-4-8-21-11-12-23(27(28,29)30)24(17-21)31-26(32)25-18(2)15-22(16-19(25)3)33-14-13-20-9-6-5-7-10-20/h5-7,9-12,15-17H,4,8,13-14H2,1-3H3,(H,31,32). The maximum absolute atomic E-state index is 13.5. The van der Waals surface area contributed by atoms with Crippen molar-refractivity contribution in [1.82, 2.24) is 0 Å². The minimum absolute atomic E-state index is 0.222. The van der Waals surface area contributed by atoms with Crippen LogP contribution in [-0.4, -0.2) is 12.5 Å². The van der Waals surface area contributed by atoms with E-state index in [1.807, 2.05) is 37.3 Å². The average Bonchev–Trinajstić information content (AvgIpc) is 2.73. The number of anilines is 1. The van der Waals surface area contributed by atoms with E-state index >= 15 is 0 Å². The molecule has 0 heterocycles. The zero-order valence-electron chi connectivity index (χ0n) is 19.1. The summed E-state index contributed by atoms with van der Waals surface area (Å²) in [6, 6.07) is 17.3. The summed E-state index contributed by atoms with van der Waals surface area (Å²) >= 11 is 0. The Hall–Kier alpha value is -3.28. The van der Waals surface area contributed by atoms with Crippen LogP contribution in [0.5, 0.6) is 5.75 Å². The number of alkyl halides is 3. The molecule has 1 N–H and O–H groups in total. The molecule has 0 aliphatic heterocycles. The maximum atomic E-state index is 13.5. The summed E-state index contributed by atoms with van der Waals surface area (Å²) in [7, 11) is 0. The topological polar surface area (TPSA) is 38.3 Å². The molecule has 0 aliphatic carbocycles. The van der Waals surface area contributed by atoms with Crippen molar-refractivity contribution in [3.63, 3.8) is 0 Å². The molecule has 33 heavy (non-hydrogen) atoms. The van der Waals surface area contributed by atoms with E-state index in [-0.39, 0.29) is 5.69 Å². The summed E-state index contributed by atoms with van der Waals surface area (Å²) in [5.74, 6) is 0.0541. The highest BCUT2D eigenvalue weighted by molar-refractivity contribution is 6.06. The zero-order valence-corrected chi connectivity index (χ0v) is 19.1. The lowest BCUT2D eigenvalue weighted by molar-refractivity contribution is -0.136. The molecule has 6 heteroatoms. The summed E-state index contributed by atoms with van der Waals surface area (Å²) in [5.41, 5.74) is 2.46. The normalized spacial score (nSPS) is 11.3. The molecule has 0 aliphatic rings. The summed E-state index contributed by atoms with van der Waals surface area (Å²) in [6.45, 7) is 5.94. The molecular weight excluding hydrogens is 427 g/mol. The molecule has 3 aromatic rings. The Balaban J connectivity index is 1.78. The van der Waals surface area contributed by atoms with Gasteiger partial charge in [0.15, 0.2) is 0 Å². The molecule has 0 aromatic heterocycles. The highest BCUT2D eigenvalue weighted by Gasteiger charge is 2.34. The number of amides is 1. The van der Waals surface area contributed by atoms with Crippen LogP contribution in [0.3, 0.4) is 0 Å². The molecular formula is C27H28F3NO2. The number of rotatable bonds is 8. The van der Waals surface area contributed by atoms with E-state index in [2.05, 4.69) is 5.32 Å². The van der Waals surface area contributed by atoms with Gasteiger partial charge in [-0.25, -0.2) is 0 Å². The zero-order chi connectivity index (χ0) is 24.0. The van der Waals surface area contributed by atoms with Crippen LogP contribution in [0.1, 0.15) is 51.5 Å². The van der Waals surface area contributed by atoms with E-state index in [1.54, 1.807) is 26.0 Å². The smallest absolute Gasteiger partial charge is 0.418 e. The lowest BCUT2D eigenvalue weighted by Gasteiger charge is -2.17. The van der Waals surface area contributed by atoms with Gasteiger partial charge in [0.2, 0.25) is 0 Å². The lowest BCUT2D eigenvalue weighted by Crippen LogP contribution is -2.19. The first-order valence-corrected chi connectivity index (χ1v) is 11.0. The molecule has 0 saturated carbocycles. The Morgan fingerprint density at radius 2 is 1.58 bits per heavy atom. The fraction of sp³-hybridized carbons (Fsp3) is 0.296. The molecule has 0 unspecified atom stereocenters. The number of benzene rings is 3. The number of carbonyl (C=O) groups excluding carboxylic acids is 1. The molecule has 1 amide bonds. The van der Waals surface area contributed by atoms with Crippen LogP contribution in [0.25, 0.3) is 0 Å². The minimum atomic E-state index is -4.56. The van der Waals surface area contributed by atoms with E-state index in [4.69, 9.17) is 4.74 Å². The van der Waals surface area contributed by atoms with Crippen molar-refractivity contribution in [2.24, 2.45) is 0 Å². The highest BCUT2D eigenvalue weighted by Crippen LogP contribution is 2.36. The fourth-order valence-electron chi connectivity index (χ4n) is 3.87. The Bertz CT molecular complexity index is 1090. The number of carbonyl (C=O) groups is 1. The lowest BCUT2D eigenvalue weighted by atomic mass is 10.0. The molecule has 0 saturated heterocycles. The third-order valence-electron chi connectivity index (χ3n) is 5.41. The van der Waals surface area contributed by atoms with Crippen molar-refractivity contribution in [3.8, 4) is 5.75 Å². The second-order valence-electron chi connectivity index (χ2n) is 8.10. The van der Waals surface area contributed by atoms with Crippen LogP contribution in [-0.2, 0) is 19.0 Å². The van der Waals surface area contributed by atoms with Gasteiger partial charge in [0.25, 0.3) is 5.91 Å². The third kappa shape index (κ3) is 6.37. The first-order chi connectivity index (χ1) is 15.7. The largest absolute Gasteiger partial charge is 0.493 e. The van der Waals surface area contributed by atoms with Crippen LogP contribution < -0.4 is 10.1 Å². The van der Waals surface area contributed by atoms with Gasteiger partial charge in [-0.1, -0.05) is 49.7 Å². The van der Waals surface area contributed by atoms with Gasteiger partial charge in [-0.05, 0) is 66.8 Å².